The zero-order chi connectivity index (χ0) is 29.3. The first-order chi connectivity index (χ1) is 18.0. The van der Waals surface area contributed by atoms with Gasteiger partial charge in [0.25, 0.3) is 11.8 Å². The molecule has 0 unspecified atom stereocenters. The van der Waals surface area contributed by atoms with Gasteiger partial charge in [-0.1, -0.05) is 6.07 Å². The minimum atomic E-state index is -6.35. The van der Waals surface area contributed by atoms with Crippen molar-refractivity contribution < 1.29 is 44.7 Å². The molecule has 0 aliphatic rings. The Hall–Kier alpha value is -3.07. The Balaban J connectivity index is 1.98. The fraction of sp³-hybridized carbons (Fsp3) is 0.208. The number of carbonyl (C=O) groups excluding carboxylic acids is 2. The molecule has 1 aromatic heterocycles. The third kappa shape index (κ3) is 5.78. The molecule has 15 heteroatoms. The standard InChI is InChI=1S/C24H15Br2F8N3O2/c1-2-37(21(39)12-6-8-35-9-7-12)17-5-3-4-14(18(17)27)20(38)36-19-15(25)10-13(11-16(19)26)22(28,23(29,30)31)24(32,33)34/h3-11H,2H2,1H3,(H,36,38). The molecule has 0 aliphatic carbocycles. The second kappa shape index (κ2) is 11.2. The van der Waals surface area contributed by atoms with E-state index < -0.39 is 61.4 Å². The van der Waals surface area contributed by atoms with Crippen molar-refractivity contribution in [2.75, 3.05) is 16.8 Å². The third-order valence-corrected chi connectivity index (χ3v) is 6.71. The lowest BCUT2D eigenvalue weighted by molar-refractivity contribution is -0.348. The fourth-order valence-corrected chi connectivity index (χ4v) is 4.92. The molecular formula is C24H15Br2F8N3O2. The number of rotatable bonds is 6. The van der Waals surface area contributed by atoms with Gasteiger partial charge in [0.05, 0.1) is 16.9 Å². The van der Waals surface area contributed by atoms with Gasteiger partial charge in [-0.2, -0.15) is 26.3 Å². The number of amides is 2. The van der Waals surface area contributed by atoms with Gasteiger partial charge in [-0.15, -0.1) is 0 Å². The van der Waals surface area contributed by atoms with E-state index in [1.807, 2.05) is 0 Å². The van der Waals surface area contributed by atoms with Crippen LogP contribution in [0.1, 0.15) is 33.2 Å². The van der Waals surface area contributed by atoms with E-state index in [4.69, 9.17) is 0 Å². The number of carbonyl (C=O) groups is 2. The van der Waals surface area contributed by atoms with Crippen LogP contribution >= 0.6 is 31.9 Å². The number of hydrogen-bond acceptors (Lipinski definition) is 3. The summed E-state index contributed by atoms with van der Waals surface area (Å²) in [6, 6.07) is 6.79. The molecule has 1 N–H and O–H groups in total. The van der Waals surface area contributed by atoms with Crippen LogP contribution < -0.4 is 10.2 Å². The first kappa shape index (κ1) is 30.5. The molecule has 0 radical (unpaired) electrons. The van der Waals surface area contributed by atoms with E-state index in [0.29, 0.717) is 0 Å². The largest absolute Gasteiger partial charge is 0.435 e. The normalized spacial score (nSPS) is 12.3. The third-order valence-electron chi connectivity index (χ3n) is 5.46. The molecule has 3 aromatic rings. The van der Waals surface area contributed by atoms with Gasteiger partial charge in [0.1, 0.15) is 0 Å². The van der Waals surface area contributed by atoms with Crippen molar-refractivity contribution in [3.8, 4) is 0 Å². The number of halogens is 10. The summed E-state index contributed by atoms with van der Waals surface area (Å²) in [4.78, 5) is 30.6. The molecule has 0 bridgehead atoms. The maximum Gasteiger partial charge on any atom is 0.435 e. The monoisotopic (exact) mass is 687 g/mol. The molecule has 0 aliphatic heterocycles. The van der Waals surface area contributed by atoms with Gasteiger partial charge >= 0.3 is 18.0 Å². The molecule has 2 amide bonds. The van der Waals surface area contributed by atoms with Crippen LogP contribution in [0.5, 0.6) is 0 Å². The van der Waals surface area contributed by atoms with Gasteiger partial charge < -0.3 is 10.2 Å². The SMILES string of the molecule is CCN(C(=O)c1ccncc1)c1cccc(C(=O)Nc2c(Br)cc(C(F)(C(F)(F)F)C(F)(F)F)cc2Br)c1F. The van der Waals surface area contributed by atoms with Gasteiger partial charge in [-0.3, -0.25) is 14.6 Å². The lowest BCUT2D eigenvalue weighted by Crippen LogP contribution is -2.50. The quantitative estimate of drug-likeness (QED) is 0.268. The van der Waals surface area contributed by atoms with Crippen molar-refractivity contribution in [1.29, 1.82) is 0 Å². The topological polar surface area (TPSA) is 62.3 Å². The van der Waals surface area contributed by atoms with Crippen LogP contribution in [0.25, 0.3) is 0 Å². The minimum absolute atomic E-state index is 0.00506. The second-order valence-corrected chi connectivity index (χ2v) is 9.56. The second-order valence-electron chi connectivity index (χ2n) is 7.85. The zero-order valence-electron chi connectivity index (χ0n) is 19.4. The van der Waals surface area contributed by atoms with Crippen LogP contribution in [0.4, 0.5) is 46.5 Å². The van der Waals surface area contributed by atoms with Crippen molar-refractivity contribution in [2.24, 2.45) is 0 Å². The van der Waals surface area contributed by atoms with Gasteiger partial charge in [-0.05, 0) is 75.2 Å². The van der Waals surface area contributed by atoms with Gasteiger partial charge in [0, 0.05) is 39.0 Å². The summed E-state index contributed by atoms with van der Waals surface area (Å²) in [5.74, 6) is -2.88. The van der Waals surface area contributed by atoms with E-state index in [-0.39, 0.29) is 29.9 Å². The highest BCUT2D eigenvalue weighted by Crippen LogP contribution is 2.54. The lowest BCUT2D eigenvalue weighted by Gasteiger charge is -2.31. The van der Waals surface area contributed by atoms with Crippen molar-refractivity contribution in [3.63, 3.8) is 0 Å². The van der Waals surface area contributed by atoms with Crippen molar-refractivity contribution in [2.45, 2.75) is 24.9 Å². The van der Waals surface area contributed by atoms with Crippen molar-refractivity contribution in [1.82, 2.24) is 4.98 Å². The number of pyridine rings is 1. The van der Waals surface area contributed by atoms with Gasteiger partial charge in [0.2, 0.25) is 0 Å². The van der Waals surface area contributed by atoms with E-state index in [9.17, 15) is 40.3 Å². The molecule has 0 spiro atoms. The molecule has 1 heterocycles. The summed E-state index contributed by atoms with van der Waals surface area (Å²) in [6.07, 6.45) is -9.98. The summed E-state index contributed by atoms with van der Waals surface area (Å²) in [7, 11) is 0. The summed E-state index contributed by atoms with van der Waals surface area (Å²) in [5.41, 5.74) is -8.59. The minimum Gasteiger partial charge on any atom is -0.320 e. The number of benzene rings is 2. The predicted octanol–water partition coefficient (Wildman–Crippen LogP) is 7.95. The number of aromatic nitrogens is 1. The maximum absolute atomic E-state index is 15.4. The summed E-state index contributed by atoms with van der Waals surface area (Å²) >= 11 is 5.48. The molecule has 208 valence electrons. The van der Waals surface area contributed by atoms with Crippen LogP contribution in [0.3, 0.4) is 0 Å². The molecule has 0 saturated carbocycles. The predicted molar refractivity (Wildman–Crippen MR) is 133 cm³/mol. The fourth-order valence-electron chi connectivity index (χ4n) is 3.54. The molecule has 2 aromatic carbocycles. The Bertz CT molecular complexity index is 1360. The smallest absolute Gasteiger partial charge is 0.320 e. The van der Waals surface area contributed by atoms with Crippen LogP contribution in [-0.2, 0) is 5.67 Å². The average Bonchev–Trinajstić information content (AvgIpc) is 2.85. The summed E-state index contributed by atoms with van der Waals surface area (Å²) < 4.78 is 108. The Morgan fingerprint density at radius 1 is 0.923 bits per heavy atom. The van der Waals surface area contributed by atoms with Crippen molar-refractivity contribution >= 4 is 55.0 Å². The Morgan fingerprint density at radius 3 is 1.95 bits per heavy atom. The highest BCUT2D eigenvalue weighted by atomic mass is 79.9. The zero-order valence-corrected chi connectivity index (χ0v) is 22.6. The molecule has 0 atom stereocenters. The molecular weight excluding hydrogens is 674 g/mol. The molecule has 0 saturated heterocycles. The van der Waals surface area contributed by atoms with Gasteiger partial charge in [0.15, 0.2) is 5.82 Å². The van der Waals surface area contributed by atoms with E-state index in [1.165, 1.54) is 36.7 Å². The average molecular weight is 689 g/mol. The highest BCUT2D eigenvalue weighted by Gasteiger charge is 2.73. The summed E-state index contributed by atoms with van der Waals surface area (Å²) in [5, 5.41) is 2.17. The molecule has 0 fully saturated rings. The van der Waals surface area contributed by atoms with E-state index in [1.54, 1.807) is 6.92 Å². The molecule has 5 nitrogen and oxygen atoms in total. The maximum atomic E-state index is 15.4. The van der Waals surface area contributed by atoms with Crippen LogP contribution in [0, 0.1) is 5.82 Å². The van der Waals surface area contributed by atoms with Crippen LogP contribution in [-0.4, -0.2) is 35.7 Å². The Morgan fingerprint density at radius 2 is 1.46 bits per heavy atom. The Labute approximate surface area is 232 Å². The van der Waals surface area contributed by atoms with E-state index in [0.717, 1.165) is 11.0 Å². The van der Waals surface area contributed by atoms with Gasteiger partial charge in [-0.25, -0.2) is 8.78 Å². The first-order valence-corrected chi connectivity index (χ1v) is 12.3. The van der Waals surface area contributed by atoms with Crippen LogP contribution in [0.15, 0.2) is 63.8 Å². The van der Waals surface area contributed by atoms with E-state index >= 15 is 4.39 Å². The Kier molecular flexibility index (Phi) is 8.75. The number of anilines is 2. The number of nitrogens with zero attached hydrogens (tertiary/aromatic N) is 2. The number of nitrogens with one attached hydrogen (secondary N) is 1. The molecule has 3 rings (SSSR count). The molecule has 39 heavy (non-hydrogen) atoms. The first-order valence-electron chi connectivity index (χ1n) is 10.7. The van der Waals surface area contributed by atoms with Crippen LogP contribution in [0.2, 0.25) is 0 Å². The number of alkyl halides is 7. The summed E-state index contributed by atoms with van der Waals surface area (Å²) in [6.45, 7) is 1.57. The number of hydrogen-bond donors (Lipinski definition) is 1. The highest BCUT2D eigenvalue weighted by molar-refractivity contribution is 9.11. The van der Waals surface area contributed by atoms with E-state index in [2.05, 4.69) is 42.2 Å². The van der Waals surface area contributed by atoms with Crippen molar-refractivity contribution in [3.05, 3.63) is 86.3 Å². The lowest BCUT2D eigenvalue weighted by atomic mass is 9.94.